The molecule has 3 aliphatic rings. The molecule has 0 aromatic heterocycles. The molecule has 5 atom stereocenters. The molecule has 5 amide bonds. The van der Waals surface area contributed by atoms with Gasteiger partial charge in [0.1, 0.15) is 35.1 Å². The number of carbonyl (C=O) groups is 5. The van der Waals surface area contributed by atoms with Crippen molar-refractivity contribution in [3.8, 4) is 11.5 Å². The molecule has 54 heavy (non-hydrogen) atoms. The average Bonchev–Trinajstić information content (AvgIpc) is 4.00. The molecule has 0 spiro atoms. The van der Waals surface area contributed by atoms with E-state index in [2.05, 4.69) is 27.3 Å². The van der Waals surface area contributed by atoms with Gasteiger partial charge in [0.25, 0.3) is 5.91 Å². The number of sulfonamides is 1. The van der Waals surface area contributed by atoms with Gasteiger partial charge in [-0.15, -0.1) is 6.58 Å². The minimum atomic E-state index is -3.94. The largest absolute Gasteiger partial charge is 0.455 e. The first-order chi connectivity index (χ1) is 25.2. The lowest BCUT2D eigenvalue weighted by molar-refractivity contribution is -0.143. The second-order valence-electron chi connectivity index (χ2n) is 15.9. The Morgan fingerprint density at radius 1 is 0.944 bits per heavy atom. The predicted octanol–water partition coefficient (Wildman–Crippen LogP) is 4.61. The van der Waals surface area contributed by atoms with Crippen LogP contribution in [0.3, 0.4) is 0 Å². The van der Waals surface area contributed by atoms with Crippen LogP contribution in [0.2, 0.25) is 0 Å². The van der Waals surface area contributed by atoms with Crippen LogP contribution in [0.15, 0.2) is 67.3 Å². The fourth-order valence-corrected chi connectivity index (χ4v) is 7.56. The summed E-state index contributed by atoms with van der Waals surface area (Å²) < 4.78 is 44.5. The van der Waals surface area contributed by atoms with Crippen molar-refractivity contribution >= 4 is 45.6 Å². The third kappa shape index (κ3) is 9.70. The van der Waals surface area contributed by atoms with Crippen LogP contribution in [0, 0.1) is 11.3 Å². The molecule has 16 heteroatoms. The number of carbonyl (C=O) groups excluding carboxylic acids is 5. The molecule has 1 heterocycles. The number of anilines is 1. The van der Waals surface area contributed by atoms with Crippen LogP contribution in [0.25, 0.3) is 0 Å². The molecule has 15 nitrogen and oxygen atoms in total. The lowest BCUT2D eigenvalue weighted by Gasteiger charge is -2.36. The van der Waals surface area contributed by atoms with Crippen LogP contribution in [0.4, 0.5) is 15.3 Å². The molecule has 3 fully saturated rings. The van der Waals surface area contributed by atoms with Crippen LogP contribution >= 0.6 is 0 Å². The van der Waals surface area contributed by atoms with E-state index in [1.54, 1.807) is 90.1 Å². The van der Waals surface area contributed by atoms with Gasteiger partial charge in [-0.1, -0.05) is 57.2 Å². The maximum atomic E-state index is 14.4. The number of rotatable bonds is 12. The van der Waals surface area contributed by atoms with Gasteiger partial charge in [0, 0.05) is 12.3 Å². The van der Waals surface area contributed by atoms with Crippen molar-refractivity contribution < 1.29 is 46.6 Å². The summed E-state index contributed by atoms with van der Waals surface area (Å²) in [5, 5.41) is 7.34. The zero-order valence-corrected chi connectivity index (χ0v) is 32.2. The number of benzene rings is 2. The fourth-order valence-electron chi connectivity index (χ4n) is 6.20. The maximum Gasteiger partial charge on any atom is 0.412 e. The second kappa shape index (κ2) is 15.3. The van der Waals surface area contributed by atoms with E-state index in [1.165, 1.54) is 11.0 Å². The highest BCUT2D eigenvalue weighted by Gasteiger charge is 2.62. The summed E-state index contributed by atoms with van der Waals surface area (Å²) >= 11 is 0. The Morgan fingerprint density at radius 3 is 2.19 bits per heavy atom. The lowest BCUT2D eigenvalue weighted by Crippen LogP contribution is -2.60. The molecule has 292 valence electrons. The Labute approximate surface area is 315 Å². The van der Waals surface area contributed by atoms with Crippen molar-refractivity contribution in [2.45, 2.75) is 102 Å². The molecule has 2 unspecified atom stereocenters. The second-order valence-corrected chi connectivity index (χ2v) is 17.9. The van der Waals surface area contributed by atoms with Gasteiger partial charge >= 0.3 is 12.2 Å². The highest BCUT2D eigenvalue weighted by Crippen LogP contribution is 2.45. The predicted molar refractivity (Wildman–Crippen MR) is 199 cm³/mol. The van der Waals surface area contributed by atoms with Crippen LogP contribution in [-0.4, -0.2) is 84.3 Å². The molecular formula is C38H49N5O10S. The number of ether oxygens (including phenoxy) is 3. The molecule has 1 aliphatic heterocycles. The lowest BCUT2D eigenvalue weighted by atomic mass is 9.85. The van der Waals surface area contributed by atoms with E-state index < -0.39 is 85.8 Å². The van der Waals surface area contributed by atoms with Crippen molar-refractivity contribution in [2.24, 2.45) is 11.3 Å². The van der Waals surface area contributed by atoms with Gasteiger partial charge < -0.3 is 29.7 Å². The zero-order chi connectivity index (χ0) is 39.6. The summed E-state index contributed by atoms with van der Waals surface area (Å²) in [7, 11) is -3.94. The van der Waals surface area contributed by atoms with E-state index in [9.17, 15) is 32.4 Å². The number of nitrogens with one attached hydrogen (secondary N) is 4. The summed E-state index contributed by atoms with van der Waals surface area (Å²) in [6.07, 6.45) is -0.511. The highest BCUT2D eigenvalue weighted by atomic mass is 32.2. The molecule has 0 bridgehead atoms. The summed E-state index contributed by atoms with van der Waals surface area (Å²) in [6, 6.07) is 13.2. The number of para-hydroxylation sites is 3. The maximum absolute atomic E-state index is 14.4. The molecule has 2 aromatic rings. The van der Waals surface area contributed by atoms with Gasteiger partial charge in [0.05, 0.1) is 17.5 Å². The van der Waals surface area contributed by atoms with Crippen molar-refractivity contribution in [3.63, 3.8) is 0 Å². The van der Waals surface area contributed by atoms with Gasteiger partial charge in [-0.2, -0.15) is 0 Å². The van der Waals surface area contributed by atoms with E-state index in [1.807, 2.05) is 6.07 Å². The van der Waals surface area contributed by atoms with Gasteiger partial charge in [0.15, 0.2) is 5.75 Å². The van der Waals surface area contributed by atoms with Gasteiger partial charge in [-0.3, -0.25) is 24.4 Å². The Morgan fingerprint density at radius 2 is 1.59 bits per heavy atom. The van der Waals surface area contributed by atoms with Crippen LogP contribution < -0.4 is 25.4 Å². The number of hydrogen-bond acceptors (Lipinski definition) is 10. The van der Waals surface area contributed by atoms with Crippen LogP contribution in [0.1, 0.15) is 67.2 Å². The Bertz CT molecular complexity index is 1890. The minimum Gasteiger partial charge on any atom is -0.455 e. The van der Waals surface area contributed by atoms with Gasteiger partial charge in [-0.25, -0.2) is 18.0 Å². The SMILES string of the molecule is C=CC1CC1(NC(=O)[C@@H]1C[C@@H](OC(=O)Nc2ccccc2Oc2ccccc2)CN1C(=O)[C@@H](NC(=O)OC(C)(C)C)C(C)(C)C)C(=O)NS(=O)(=O)C1CC1. The van der Waals surface area contributed by atoms with E-state index >= 15 is 0 Å². The summed E-state index contributed by atoms with van der Waals surface area (Å²) in [4.78, 5) is 69.4. The first-order valence-electron chi connectivity index (χ1n) is 17.8. The van der Waals surface area contributed by atoms with Crippen molar-refractivity contribution in [1.29, 1.82) is 0 Å². The third-order valence-corrected chi connectivity index (χ3v) is 11.1. The van der Waals surface area contributed by atoms with Crippen molar-refractivity contribution in [1.82, 2.24) is 20.3 Å². The van der Waals surface area contributed by atoms with E-state index in [0.717, 1.165) is 0 Å². The molecule has 4 N–H and O–H groups in total. The fraction of sp³-hybridized carbons (Fsp3) is 0.500. The van der Waals surface area contributed by atoms with Crippen molar-refractivity contribution in [2.75, 3.05) is 11.9 Å². The highest BCUT2D eigenvalue weighted by molar-refractivity contribution is 7.91. The third-order valence-electron chi connectivity index (χ3n) is 9.24. The number of hydrogen-bond donors (Lipinski definition) is 4. The molecule has 0 radical (unpaired) electrons. The number of amides is 5. The molecule has 2 saturated carbocycles. The Hall–Kier alpha value is -5.12. The summed E-state index contributed by atoms with van der Waals surface area (Å²) in [6.45, 7) is 13.7. The minimum absolute atomic E-state index is 0.0898. The molecule has 2 aliphatic carbocycles. The molecule has 5 rings (SSSR count). The Balaban J connectivity index is 1.38. The quantitative estimate of drug-likeness (QED) is 0.221. The topological polar surface area (TPSA) is 199 Å². The zero-order valence-electron chi connectivity index (χ0n) is 31.3. The van der Waals surface area contributed by atoms with E-state index in [0.29, 0.717) is 30.0 Å². The number of nitrogens with zero attached hydrogens (tertiary/aromatic N) is 1. The smallest absolute Gasteiger partial charge is 0.412 e. The van der Waals surface area contributed by atoms with Gasteiger partial charge in [0.2, 0.25) is 21.8 Å². The van der Waals surface area contributed by atoms with Gasteiger partial charge in [-0.05, 0) is 69.7 Å². The summed E-state index contributed by atoms with van der Waals surface area (Å²) in [5.74, 6) is -2.02. The van der Waals surface area contributed by atoms with E-state index in [-0.39, 0.29) is 19.4 Å². The first-order valence-corrected chi connectivity index (χ1v) is 19.4. The number of alkyl carbamates (subject to hydrolysis) is 1. The monoisotopic (exact) mass is 767 g/mol. The van der Waals surface area contributed by atoms with E-state index in [4.69, 9.17) is 14.2 Å². The standard InChI is InChI=1S/C38H49N5O10S/c1-8-23-21-38(23,33(46)42-54(49,50)26-18-19-26)41-31(44)28-20-25(22-43(28)32(45)30(36(2,3)4)40-35(48)53-37(5,6)7)52-34(47)39-27-16-12-13-17-29(27)51-24-14-10-9-11-15-24/h8-17,23,25-26,28,30H,1,18-22H2,2-7H3,(H,39,47)(H,40,48)(H,41,44)(H,42,46)/t23?,25-,28+,30-,38?/m1/s1. The van der Waals surface area contributed by atoms with Crippen molar-refractivity contribution in [3.05, 3.63) is 67.3 Å². The summed E-state index contributed by atoms with van der Waals surface area (Å²) in [5.41, 5.74) is -3.06. The molecular weight excluding hydrogens is 719 g/mol. The Kier molecular flexibility index (Phi) is 11.4. The molecule has 2 aromatic carbocycles. The normalized spacial score (nSPS) is 22.9. The molecule has 1 saturated heterocycles. The van der Waals surface area contributed by atoms with Crippen LogP contribution in [-0.2, 0) is 33.9 Å². The average molecular weight is 768 g/mol. The number of likely N-dealkylation sites (tertiary alicyclic amines) is 1. The first kappa shape index (κ1) is 40.1. The van der Waals surface area contributed by atoms with Crippen LogP contribution in [0.5, 0.6) is 11.5 Å².